The smallest absolute Gasteiger partial charge is 0.282 e. The number of anilines is 1. The Morgan fingerprint density at radius 3 is 1.83 bits per heavy atom. The van der Waals surface area contributed by atoms with Gasteiger partial charge >= 0.3 is 0 Å². The first-order chi connectivity index (χ1) is 10.8. The second-order valence-corrected chi connectivity index (χ2v) is 6.73. The summed E-state index contributed by atoms with van der Waals surface area (Å²) in [7, 11) is 0. The zero-order chi connectivity index (χ0) is 17.6. The van der Waals surface area contributed by atoms with Crippen LogP contribution in [0.15, 0.2) is 12.1 Å². The first-order valence-corrected chi connectivity index (χ1v) is 9.09. The van der Waals surface area contributed by atoms with Gasteiger partial charge in [0.05, 0.1) is 19.6 Å². The Bertz CT molecular complexity index is 507. The molecule has 0 aromatic heterocycles. The quantitative estimate of drug-likeness (QED) is 0.627. The first kappa shape index (κ1) is 23.8. The number of carbonyl (C=O) groups is 1. The van der Waals surface area contributed by atoms with Crippen LogP contribution in [0, 0.1) is 20.8 Å². The summed E-state index contributed by atoms with van der Waals surface area (Å²) >= 11 is 0. The molecule has 0 aliphatic carbocycles. The Morgan fingerprint density at radius 2 is 1.46 bits per heavy atom. The van der Waals surface area contributed by atoms with Crippen molar-refractivity contribution in [3.8, 4) is 0 Å². The second kappa shape index (κ2) is 10.7. The first-order valence-electron chi connectivity index (χ1n) is 9.09. The SMILES string of the molecule is CCCC(C(=O)Nc1c(C)cc(C)cc1C)[N+](CC)(CC)CC.[Y]. The molecule has 0 spiro atoms. The Hall–Kier alpha value is -0.246. The molecule has 3 nitrogen and oxygen atoms in total. The average molecular weight is 408 g/mol. The average Bonchev–Trinajstić information content (AvgIpc) is 2.51. The van der Waals surface area contributed by atoms with E-state index in [4.69, 9.17) is 0 Å². The predicted octanol–water partition coefficient (Wildman–Crippen LogP) is 4.59. The summed E-state index contributed by atoms with van der Waals surface area (Å²) in [6.45, 7) is 18.0. The van der Waals surface area contributed by atoms with Crippen molar-refractivity contribution in [3.63, 3.8) is 0 Å². The molecule has 0 saturated heterocycles. The number of rotatable bonds is 8. The van der Waals surface area contributed by atoms with Crippen LogP contribution >= 0.6 is 0 Å². The number of hydrogen-bond donors (Lipinski definition) is 1. The molecule has 0 heterocycles. The monoisotopic (exact) mass is 408 g/mol. The maximum absolute atomic E-state index is 13.1. The Kier molecular flexibility index (Phi) is 10.6. The van der Waals surface area contributed by atoms with Gasteiger partial charge in [-0.2, -0.15) is 0 Å². The fourth-order valence-electron chi connectivity index (χ4n) is 3.84. The van der Waals surface area contributed by atoms with Crippen molar-refractivity contribution in [1.29, 1.82) is 0 Å². The van der Waals surface area contributed by atoms with Gasteiger partial charge in [-0.15, -0.1) is 0 Å². The molecular weight excluding hydrogens is 373 g/mol. The molecule has 1 N–H and O–H groups in total. The van der Waals surface area contributed by atoms with Crippen LogP contribution in [0.25, 0.3) is 0 Å². The maximum atomic E-state index is 13.1. The third-order valence-electron chi connectivity index (χ3n) is 5.34. The minimum Gasteiger partial charge on any atom is -0.320 e. The standard InChI is InChI=1S/C20H34N2O.Y/c1-8-12-18(22(9-2,10-3)11-4)20(23)21-19-16(6)13-15(5)14-17(19)7;/h13-14,18H,8-12H2,1-7H3;/p+1. The van der Waals surface area contributed by atoms with Crippen molar-refractivity contribution in [1.82, 2.24) is 0 Å². The van der Waals surface area contributed by atoms with Crippen molar-refractivity contribution in [3.05, 3.63) is 28.8 Å². The molecule has 0 aliphatic rings. The van der Waals surface area contributed by atoms with Crippen molar-refractivity contribution >= 4 is 11.6 Å². The van der Waals surface area contributed by atoms with Crippen molar-refractivity contribution < 1.29 is 42.0 Å². The topological polar surface area (TPSA) is 29.1 Å². The number of quaternary nitrogens is 1. The minimum absolute atomic E-state index is 0. The second-order valence-electron chi connectivity index (χ2n) is 6.73. The molecule has 1 aromatic carbocycles. The fourth-order valence-corrected chi connectivity index (χ4v) is 3.84. The number of carbonyl (C=O) groups excluding carboxylic acids is 1. The van der Waals surface area contributed by atoms with E-state index in [0.717, 1.165) is 53.8 Å². The maximum Gasteiger partial charge on any atom is 0.282 e. The van der Waals surface area contributed by atoms with E-state index in [9.17, 15) is 4.79 Å². The molecule has 1 atom stereocenters. The van der Waals surface area contributed by atoms with E-state index in [-0.39, 0.29) is 44.7 Å². The van der Waals surface area contributed by atoms with E-state index >= 15 is 0 Å². The van der Waals surface area contributed by atoms with Crippen LogP contribution in [0.1, 0.15) is 57.2 Å². The molecule has 4 heteroatoms. The van der Waals surface area contributed by atoms with Crippen LogP contribution in [0.4, 0.5) is 5.69 Å². The largest absolute Gasteiger partial charge is 0.320 e. The normalized spacial score (nSPS) is 12.5. The summed E-state index contributed by atoms with van der Waals surface area (Å²) in [5.41, 5.74) is 4.52. The zero-order valence-electron chi connectivity index (χ0n) is 16.7. The van der Waals surface area contributed by atoms with Gasteiger partial charge in [0.15, 0.2) is 6.04 Å². The Balaban J connectivity index is 0.00000529. The summed E-state index contributed by atoms with van der Waals surface area (Å²) in [4.78, 5) is 13.1. The summed E-state index contributed by atoms with van der Waals surface area (Å²) in [6, 6.07) is 4.30. The van der Waals surface area contributed by atoms with Gasteiger partial charge in [0.25, 0.3) is 5.91 Å². The van der Waals surface area contributed by atoms with Crippen molar-refractivity contribution in [2.24, 2.45) is 0 Å². The number of nitrogens with one attached hydrogen (secondary N) is 1. The summed E-state index contributed by atoms with van der Waals surface area (Å²) in [5.74, 6) is 0.174. The number of benzene rings is 1. The third kappa shape index (κ3) is 5.37. The molecule has 1 aromatic rings. The molecular formula is C20H35N2OY+. The molecule has 1 radical (unpaired) electrons. The van der Waals surface area contributed by atoms with Gasteiger partial charge in [-0.25, -0.2) is 0 Å². The van der Waals surface area contributed by atoms with Crippen LogP contribution in [0.3, 0.4) is 0 Å². The molecule has 1 unspecified atom stereocenters. The van der Waals surface area contributed by atoms with Crippen LogP contribution in [0.2, 0.25) is 0 Å². The van der Waals surface area contributed by atoms with E-state index in [2.05, 4.69) is 65.9 Å². The van der Waals surface area contributed by atoms with E-state index in [1.165, 1.54) is 5.56 Å². The fraction of sp³-hybridized carbons (Fsp3) is 0.650. The number of nitrogens with zero attached hydrogens (tertiary/aromatic N) is 1. The zero-order valence-corrected chi connectivity index (χ0v) is 19.5. The van der Waals surface area contributed by atoms with Gasteiger partial charge in [0, 0.05) is 44.8 Å². The van der Waals surface area contributed by atoms with Gasteiger partial charge in [-0.1, -0.05) is 24.6 Å². The van der Waals surface area contributed by atoms with E-state index in [1.54, 1.807) is 0 Å². The summed E-state index contributed by atoms with van der Waals surface area (Å²) in [6.07, 6.45) is 1.97. The molecule has 0 aliphatic heterocycles. The minimum atomic E-state index is 0. The number of likely N-dealkylation sites (N-methyl/N-ethyl adjacent to an activating group) is 1. The van der Waals surface area contributed by atoms with E-state index in [0.29, 0.717) is 0 Å². The summed E-state index contributed by atoms with van der Waals surface area (Å²) < 4.78 is 0.865. The summed E-state index contributed by atoms with van der Waals surface area (Å²) in [5, 5.41) is 3.24. The molecule has 1 amide bonds. The van der Waals surface area contributed by atoms with Gasteiger partial charge in [0.1, 0.15) is 0 Å². The van der Waals surface area contributed by atoms with Gasteiger partial charge in [-0.05, 0) is 59.1 Å². The van der Waals surface area contributed by atoms with Gasteiger partial charge in [0.2, 0.25) is 0 Å². The van der Waals surface area contributed by atoms with Gasteiger partial charge in [-0.3, -0.25) is 4.79 Å². The molecule has 0 bridgehead atoms. The van der Waals surface area contributed by atoms with Crippen LogP contribution in [0.5, 0.6) is 0 Å². The third-order valence-corrected chi connectivity index (χ3v) is 5.34. The molecule has 0 fully saturated rings. The van der Waals surface area contributed by atoms with Crippen molar-refractivity contribution in [2.75, 3.05) is 25.0 Å². The Morgan fingerprint density at radius 1 is 1.00 bits per heavy atom. The molecule has 0 saturated carbocycles. The van der Waals surface area contributed by atoms with E-state index in [1.807, 2.05) is 0 Å². The van der Waals surface area contributed by atoms with Crippen molar-refractivity contribution in [2.45, 2.75) is 67.3 Å². The molecule has 1 rings (SSSR count). The number of aryl methyl sites for hydroxylation is 3. The molecule has 24 heavy (non-hydrogen) atoms. The Labute approximate surface area is 174 Å². The van der Waals surface area contributed by atoms with Gasteiger partial charge < -0.3 is 9.80 Å². The number of hydrogen-bond acceptors (Lipinski definition) is 1. The molecule has 133 valence electrons. The number of amides is 1. The van der Waals surface area contributed by atoms with Crippen LogP contribution < -0.4 is 5.32 Å². The van der Waals surface area contributed by atoms with E-state index < -0.39 is 0 Å². The predicted molar refractivity (Wildman–Crippen MR) is 99.9 cm³/mol. The van der Waals surface area contributed by atoms with Crippen LogP contribution in [-0.4, -0.2) is 36.1 Å². The van der Waals surface area contributed by atoms with Crippen LogP contribution in [-0.2, 0) is 37.5 Å².